The summed E-state index contributed by atoms with van der Waals surface area (Å²) in [6.45, 7) is 5.94. The molecule has 0 radical (unpaired) electrons. The van der Waals surface area contributed by atoms with E-state index in [1.807, 2.05) is 6.07 Å². The maximum Gasteiger partial charge on any atom is 0.122 e. The summed E-state index contributed by atoms with van der Waals surface area (Å²) in [6, 6.07) is 8.76. The van der Waals surface area contributed by atoms with Gasteiger partial charge in [0, 0.05) is 35.0 Å². The summed E-state index contributed by atoms with van der Waals surface area (Å²) in [5.74, 6) is 1.45. The number of benzene rings is 1. The Morgan fingerprint density at radius 1 is 1.45 bits per heavy atom. The Kier molecular flexibility index (Phi) is 4.03. The topological polar surface area (TPSA) is 34.2 Å². The van der Waals surface area contributed by atoms with E-state index in [1.54, 1.807) is 11.3 Å². The Balaban J connectivity index is 1.81. The molecule has 0 saturated heterocycles. The molecule has 4 heteroatoms. The number of thiazole rings is 1. The van der Waals surface area contributed by atoms with Crippen molar-refractivity contribution in [3.63, 3.8) is 0 Å². The van der Waals surface area contributed by atoms with Gasteiger partial charge in [-0.05, 0) is 19.5 Å². The minimum Gasteiger partial charge on any atom is -0.493 e. The first kappa shape index (κ1) is 13.6. The Hall–Kier alpha value is -1.39. The molecule has 3 nitrogen and oxygen atoms in total. The van der Waals surface area contributed by atoms with E-state index in [9.17, 15) is 0 Å². The van der Waals surface area contributed by atoms with Gasteiger partial charge in [-0.2, -0.15) is 0 Å². The lowest BCUT2D eigenvalue weighted by molar-refractivity contribution is 0.298. The van der Waals surface area contributed by atoms with Gasteiger partial charge in [-0.1, -0.05) is 25.1 Å². The Labute approximate surface area is 124 Å². The van der Waals surface area contributed by atoms with E-state index in [1.165, 1.54) is 10.6 Å². The smallest absolute Gasteiger partial charge is 0.122 e. The number of hydrogen-bond donors (Lipinski definition) is 1. The number of rotatable bonds is 5. The van der Waals surface area contributed by atoms with Crippen LogP contribution in [0.25, 0.3) is 0 Å². The number of ether oxygens (including phenoxy) is 1. The van der Waals surface area contributed by atoms with Gasteiger partial charge >= 0.3 is 0 Å². The molecule has 1 aromatic heterocycles. The van der Waals surface area contributed by atoms with E-state index in [0.29, 0.717) is 12.0 Å². The standard InChI is InChI=1S/C16H20N2OS/c1-3-17-14(8-16-18-11(2)10-20-16)13-9-19-15-7-5-4-6-12(13)15/h4-7,10,13-14,17H,3,8-9H2,1-2H3. The van der Waals surface area contributed by atoms with Crippen molar-refractivity contribution < 1.29 is 4.74 Å². The van der Waals surface area contributed by atoms with Gasteiger partial charge < -0.3 is 10.1 Å². The highest BCUT2D eigenvalue weighted by molar-refractivity contribution is 7.09. The normalized spacial score (nSPS) is 18.6. The third-order valence-electron chi connectivity index (χ3n) is 3.75. The van der Waals surface area contributed by atoms with Gasteiger partial charge in [-0.3, -0.25) is 0 Å². The number of para-hydroxylation sites is 1. The average molecular weight is 288 g/mol. The van der Waals surface area contributed by atoms with Crippen LogP contribution in [0.4, 0.5) is 0 Å². The summed E-state index contributed by atoms with van der Waals surface area (Å²) in [5.41, 5.74) is 2.44. The number of likely N-dealkylation sites (N-methyl/N-ethyl adjacent to an activating group) is 1. The highest BCUT2D eigenvalue weighted by Crippen LogP contribution is 2.36. The molecular formula is C16H20N2OS. The lowest BCUT2D eigenvalue weighted by Crippen LogP contribution is -2.37. The monoisotopic (exact) mass is 288 g/mol. The van der Waals surface area contributed by atoms with Crippen LogP contribution in [0.5, 0.6) is 5.75 Å². The number of fused-ring (bicyclic) bond motifs is 1. The first-order valence-electron chi connectivity index (χ1n) is 7.14. The first-order chi connectivity index (χ1) is 9.78. The van der Waals surface area contributed by atoms with Crippen molar-refractivity contribution in [1.82, 2.24) is 10.3 Å². The second-order valence-electron chi connectivity index (χ2n) is 5.21. The van der Waals surface area contributed by atoms with Crippen LogP contribution < -0.4 is 10.1 Å². The molecule has 1 N–H and O–H groups in total. The van der Waals surface area contributed by atoms with Crippen LogP contribution in [0.1, 0.15) is 29.1 Å². The molecule has 0 spiro atoms. The van der Waals surface area contributed by atoms with Crippen LogP contribution in [0.15, 0.2) is 29.6 Å². The molecule has 2 heterocycles. The van der Waals surface area contributed by atoms with Crippen molar-refractivity contribution >= 4 is 11.3 Å². The molecule has 0 amide bonds. The predicted molar refractivity (Wildman–Crippen MR) is 82.7 cm³/mol. The van der Waals surface area contributed by atoms with Gasteiger partial charge in [0.05, 0.1) is 11.6 Å². The van der Waals surface area contributed by atoms with Crippen LogP contribution in [0, 0.1) is 6.92 Å². The molecule has 2 unspecified atom stereocenters. The van der Waals surface area contributed by atoms with Gasteiger partial charge in [-0.25, -0.2) is 4.98 Å². The van der Waals surface area contributed by atoms with Gasteiger partial charge in [-0.15, -0.1) is 11.3 Å². The maximum absolute atomic E-state index is 5.82. The molecule has 0 bridgehead atoms. The average Bonchev–Trinajstić information content (AvgIpc) is 3.04. The third-order valence-corrected chi connectivity index (χ3v) is 4.74. The fourth-order valence-corrected chi connectivity index (χ4v) is 3.66. The molecular weight excluding hydrogens is 268 g/mol. The first-order valence-corrected chi connectivity index (χ1v) is 8.02. The maximum atomic E-state index is 5.82. The number of nitrogens with one attached hydrogen (secondary N) is 1. The van der Waals surface area contributed by atoms with E-state index in [4.69, 9.17) is 4.74 Å². The molecule has 2 atom stereocenters. The zero-order valence-corrected chi connectivity index (χ0v) is 12.7. The minimum atomic E-state index is 0.384. The van der Waals surface area contributed by atoms with E-state index in [-0.39, 0.29) is 0 Å². The van der Waals surface area contributed by atoms with Crippen LogP contribution >= 0.6 is 11.3 Å². The van der Waals surface area contributed by atoms with E-state index >= 15 is 0 Å². The van der Waals surface area contributed by atoms with Crippen molar-refractivity contribution in [1.29, 1.82) is 0 Å². The van der Waals surface area contributed by atoms with E-state index in [2.05, 4.69) is 47.7 Å². The number of nitrogens with zero attached hydrogens (tertiary/aromatic N) is 1. The van der Waals surface area contributed by atoms with Crippen molar-refractivity contribution in [2.45, 2.75) is 32.2 Å². The number of aryl methyl sites for hydroxylation is 1. The Morgan fingerprint density at radius 2 is 2.30 bits per heavy atom. The van der Waals surface area contributed by atoms with Crippen molar-refractivity contribution in [3.8, 4) is 5.75 Å². The van der Waals surface area contributed by atoms with Gasteiger partial charge in [0.2, 0.25) is 0 Å². The third kappa shape index (κ3) is 2.72. The quantitative estimate of drug-likeness (QED) is 0.917. The molecule has 1 aliphatic heterocycles. The highest BCUT2D eigenvalue weighted by atomic mass is 32.1. The van der Waals surface area contributed by atoms with Crippen LogP contribution in [-0.2, 0) is 6.42 Å². The molecule has 20 heavy (non-hydrogen) atoms. The van der Waals surface area contributed by atoms with Gasteiger partial charge in [0.1, 0.15) is 5.75 Å². The molecule has 0 saturated carbocycles. The molecule has 3 rings (SSSR count). The molecule has 1 aliphatic rings. The Bertz CT molecular complexity index is 581. The van der Waals surface area contributed by atoms with Crippen molar-refractivity contribution in [2.75, 3.05) is 13.2 Å². The lowest BCUT2D eigenvalue weighted by Gasteiger charge is -2.22. The van der Waals surface area contributed by atoms with Crippen LogP contribution in [0.3, 0.4) is 0 Å². The van der Waals surface area contributed by atoms with Crippen LogP contribution in [0.2, 0.25) is 0 Å². The predicted octanol–water partition coefficient (Wildman–Crippen LogP) is 3.15. The fourth-order valence-electron chi connectivity index (χ4n) is 2.82. The number of hydrogen-bond acceptors (Lipinski definition) is 4. The lowest BCUT2D eigenvalue weighted by atomic mass is 9.91. The molecule has 0 fully saturated rings. The second kappa shape index (κ2) is 5.94. The number of aromatic nitrogens is 1. The molecule has 0 aliphatic carbocycles. The zero-order valence-electron chi connectivity index (χ0n) is 11.9. The summed E-state index contributed by atoms with van der Waals surface area (Å²) in [5, 5.41) is 6.94. The highest BCUT2D eigenvalue weighted by Gasteiger charge is 2.31. The summed E-state index contributed by atoms with van der Waals surface area (Å²) < 4.78 is 5.82. The van der Waals surface area contributed by atoms with E-state index < -0.39 is 0 Å². The Morgan fingerprint density at radius 3 is 3.05 bits per heavy atom. The van der Waals surface area contributed by atoms with Crippen molar-refractivity contribution in [3.05, 3.63) is 45.9 Å². The summed E-state index contributed by atoms with van der Waals surface area (Å²) >= 11 is 1.75. The second-order valence-corrected chi connectivity index (χ2v) is 6.15. The van der Waals surface area contributed by atoms with Gasteiger partial charge in [0.25, 0.3) is 0 Å². The molecule has 106 valence electrons. The summed E-state index contributed by atoms with van der Waals surface area (Å²) in [4.78, 5) is 4.60. The minimum absolute atomic E-state index is 0.384. The molecule has 1 aromatic carbocycles. The SMILES string of the molecule is CCNC(Cc1nc(C)cs1)C1COc2ccccc21. The zero-order chi connectivity index (χ0) is 13.9. The van der Waals surface area contributed by atoms with Crippen LogP contribution in [-0.4, -0.2) is 24.2 Å². The van der Waals surface area contributed by atoms with Crippen molar-refractivity contribution in [2.24, 2.45) is 0 Å². The van der Waals surface area contributed by atoms with E-state index in [0.717, 1.165) is 31.0 Å². The largest absolute Gasteiger partial charge is 0.493 e. The molecule has 2 aromatic rings. The van der Waals surface area contributed by atoms with Gasteiger partial charge in [0.15, 0.2) is 0 Å². The summed E-state index contributed by atoms with van der Waals surface area (Å²) in [6.07, 6.45) is 0.967. The summed E-state index contributed by atoms with van der Waals surface area (Å²) in [7, 11) is 0. The fraction of sp³-hybridized carbons (Fsp3) is 0.438.